The molecule has 7 heteroatoms. The molecule has 0 heterocycles. The summed E-state index contributed by atoms with van der Waals surface area (Å²) < 4.78 is 10.0. The zero-order chi connectivity index (χ0) is 19.6. The molecule has 0 aliphatic heterocycles. The fourth-order valence-corrected chi connectivity index (χ4v) is 2.12. The molecule has 1 amide bonds. The summed E-state index contributed by atoms with van der Waals surface area (Å²) >= 11 is 0. The number of hydrogen-bond donors (Lipinski definition) is 2. The van der Waals surface area contributed by atoms with Crippen molar-refractivity contribution in [3.63, 3.8) is 0 Å². The Morgan fingerprint density at radius 1 is 1.15 bits per heavy atom. The summed E-state index contributed by atoms with van der Waals surface area (Å²) in [4.78, 5) is 23.9. The van der Waals surface area contributed by atoms with Crippen LogP contribution in [0.4, 0.5) is 11.4 Å². The SMILES string of the molecule is CCOC(=O)c1ccc(NC(=O)/C(C#N)=C\Nc2cccc(OC)c2)cc1. The molecule has 2 aromatic rings. The van der Waals surface area contributed by atoms with Crippen LogP contribution in [0.15, 0.2) is 60.3 Å². The van der Waals surface area contributed by atoms with Crippen molar-refractivity contribution in [2.45, 2.75) is 6.92 Å². The lowest BCUT2D eigenvalue weighted by Gasteiger charge is -2.07. The highest BCUT2D eigenvalue weighted by Gasteiger charge is 2.11. The number of anilines is 2. The standard InChI is InChI=1S/C20H19N3O4/c1-3-27-20(25)14-7-9-16(10-8-14)23-19(24)15(12-21)13-22-17-5-4-6-18(11-17)26-2/h4-11,13,22H,3H2,1-2H3,(H,23,24)/b15-13-. The Morgan fingerprint density at radius 2 is 1.89 bits per heavy atom. The van der Waals surface area contributed by atoms with Crippen LogP contribution in [0.3, 0.4) is 0 Å². The maximum absolute atomic E-state index is 12.3. The Labute approximate surface area is 157 Å². The average Bonchev–Trinajstić information content (AvgIpc) is 2.69. The minimum Gasteiger partial charge on any atom is -0.497 e. The van der Waals surface area contributed by atoms with Gasteiger partial charge in [-0.1, -0.05) is 6.07 Å². The first-order chi connectivity index (χ1) is 13.1. The summed E-state index contributed by atoms with van der Waals surface area (Å²) in [7, 11) is 1.55. The van der Waals surface area contributed by atoms with Gasteiger partial charge in [-0.15, -0.1) is 0 Å². The van der Waals surface area contributed by atoms with Crippen LogP contribution in [0.5, 0.6) is 5.75 Å². The largest absolute Gasteiger partial charge is 0.497 e. The molecule has 27 heavy (non-hydrogen) atoms. The third-order valence-corrected chi connectivity index (χ3v) is 3.47. The van der Waals surface area contributed by atoms with Crippen molar-refractivity contribution in [3.05, 3.63) is 65.9 Å². The third kappa shape index (κ3) is 5.61. The molecule has 0 aliphatic carbocycles. The highest BCUT2D eigenvalue weighted by molar-refractivity contribution is 6.06. The Balaban J connectivity index is 2.04. The van der Waals surface area contributed by atoms with Gasteiger partial charge in [-0.05, 0) is 43.3 Å². The van der Waals surface area contributed by atoms with Crippen molar-refractivity contribution in [2.75, 3.05) is 24.4 Å². The molecule has 0 aromatic heterocycles. The van der Waals surface area contributed by atoms with E-state index in [2.05, 4.69) is 10.6 Å². The lowest BCUT2D eigenvalue weighted by Crippen LogP contribution is -2.14. The molecule has 0 spiro atoms. The van der Waals surface area contributed by atoms with Crippen molar-refractivity contribution < 1.29 is 19.1 Å². The van der Waals surface area contributed by atoms with E-state index in [0.29, 0.717) is 22.7 Å². The quantitative estimate of drug-likeness (QED) is 0.443. The van der Waals surface area contributed by atoms with Crippen molar-refractivity contribution in [2.24, 2.45) is 0 Å². The number of benzene rings is 2. The van der Waals surface area contributed by atoms with E-state index in [9.17, 15) is 14.9 Å². The van der Waals surface area contributed by atoms with E-state index in [0.717, 1.165) is 0 Å². The molecule has 0 unspecified atom stereocenters. The Bertz CT molecular complexity index is 883. The van der Waals surface area contributed by atoms with Gasteiger partial charge in [0.25, 0.3) is 5.91 Å². The smallest absolute Gasteiger partial charge is 0.338 e. The van der Waals surface area contributed by atoms with E-state index in [4.69, 9.17) is 9.47 Å². The van der Waals surface area contributed by atoms with E-state index in [-0.39, 0.29) is 12.2 Å². The topological polar surface area (TPSA) is 100 Å². The number of ether oxygens (including phenoxy) is 2. The van der Waals surface area contributed by atoms with Crippen LogP contribution in [0.1, 0.15) is 17.3 Å². The van der Waals surface area contributed by atoms with Gasteiger partial charge in [0.15, 0.2) is 0 Å². The summed E-state index contributed by atoms with van der Waals surface area (Å²) in [5.74, 6) is -0.356. The number of carbonyl (C=O) groups is 2. The number of nitrogens with one attached hydrogen (secondary N) is 2. The molecule has 0 fully saturated rings. The number of nitrogens with zero attached hydrogens (tertiary/aromatic N) is 1. The second-order valence-corrected chi connectivity index (χ2v) is 5.30. The molecule has 0 saturated carbocycles. The number of esters is 1. The molecule has 2 aromatic carbocycles. The highest BCUT2D eigenvalue weighted by atomic mass is 16.5. The first-order valence-electron chi connectivity index (χ1n) is 8.16. The second kappa shape index (κ2) is 9.63. The lowest BCUT2D eigenvalue weighted by molar-refractivity contribution is -0.112. The summed E-state index contributed by atoms with van der Waals surface area (Å²) in [6.45, 7) is 2.01. The van der Waals surface area contributed by atoms with Gasteiger partial charge in [0.1, 0.15) is 17.4 Å². The zero-order valence-electron chi connectivity index (χ0n) is 15.0. The monoisotopic (exact) mass is 365 g/mol. The average molecular weight is 365 g/mol. The molecule has 7 nitrogen and oxygen atoms in total. The predicted molar refractivity (Wildman–Crippen MR) is 101 cm³/mol. The van der Waals surface area contributed by atoms with Crippen molar-refractivity contribution in [1.29, 1.82) is 5.26 Å². The van der Waals surface area contributed by atoms with Gasteiger partial charge in [-0.3, -0.25) is 4.79 Å². The van der Waals surface area contributed by atoms with Gasteiger partial charge in [-0.2, -0.15) is 5.26 Å². The lowest BCUT2D eigenvalue weighted by atomic mass is 10.2. The minimum absolute atomic E-state index is 0.104. The second-order valence-electron chi connectivity index (χ2n) is 5.30. The predicted octanol–water partition coefficient (Wildman–Crippen LogP) is 3.33. The van der Waals surface area contributed by atoms with Gasteiger partial charge in [0, 0.05) is 23.6 Å². The molecular weight excluding hydrogens is 346 g/mol. The van der Waals surface area contributed by atoms with E-state index >= 15 is 0 Å². The number of rotatable bonds is 7. The number of nitriles is 1. The van der Waals surface area contributed by atoms with Crippen LogP contribution in [-0.4, -0.2) is 25.6 Å². The Hall–Kier alpha value is -3.79. The molecule has 2 rings (SSSR count). The van der Waals surface area contributed by atoms with Gasteiger partial charge < -0.3 is 20.1 Å². The highest BCUT2D eigenvalue weighted by Crippen LogP contribution is 2.17. The van der Waals surface area contributed by atoms with Crippen molar-refractivity contribution >= 4 is 23.3 Å². The van der Waals surface area contributed by atoms with Crippen molar-refractivity contribution in [1.82, 2.24) is 0 Å². The van der Waals surface area contributed by atoms with Crippen LogP contribution in [0, 0.1) is 11.3 Å². The molecule has 0 saturated heterocycles. The molecule has 0 atom stereocenters. The number of methoxy groups -OCH3 is 1. The van der Waals surface area contributed by atoms with E-state index in [1.54, 1.807) is 50.4 Å². The van der Waals surface area contributed by atoms with Crippen LogP contribution in [0.25, 0.3) is 0 Å². The fraction of sp³-hybridized carbons (Fsp3) is 0.150. The van der Waals surface area contributed by atoms with Crippen LogP contribution in [-0.2, 0) is 9.53 Å². The zero-order valence-corrected chi connectivity index (χ0v) is 15.0. The molecular formula is C20H19N3O4. The normalized spacial score (nSPS) is 10.5. The van der Waals surface area contributed by atoms with Gasteiger partial charge in [0.05, 0.1) is 19.3 Å². The van der Waals surface area contributed by atoms with E-state index < -0.39 is 11.9 Å². The summed E-state index contributed by atoms with van der Waals surface area (Å²) in [6.07, 6.45) is 1.32. The van der Waals surface area contributed by atoms with Crippen LogP contribution >= 0.6 is 0 Å². The van der Waals surface area contributed by atoms with Crippen LogP contribution < -0.4 is 15.4 Å². The fourth-order valence-electron chi connectivity index (χ4n) is 2.12. The summed E-state index contributed by atoms with van der Waals surface area (Å²) in [5.41, 5.74) is 1.40. The number of hydrogen-bond acceptors (Lipinski definition) is 6. The maximum atomic E-state index is 12.3. The Kier molecular flexibility index (Phi) is 6.97. The summed E-state index contributed by atoms with van der Waals surface area (Å²) in [6, 6.07) is 15.1. The Morgan fingerprint density at radius 3 is 2.52 bits per heavy atom. The molecule has 0 aliphatic rings. The van der Waals surface area contributed by atoms with E-state index in [1.165, 1.54) is 18.3 Å². The first-order valence-corrected chi connectivity index (χ1v) is 8.16. The minimum atomic E-state index is -0.572. The summed E-state index contributed by atoms with van der Waals surface area (Å²) in [5, 5.41) is 14.7. The van der Waals surface area contributed by atoms with Crippen molar-refractivity contribution in [3.8, 4) is 11.8 Å². The number of carbonyl (C=O) groups excluding carboxylic acids is 2. The van der Waals surface area contributed by atoms with Gasteiger partial charge >= 0.3 is 5.97 Å². The van der Waals surface area contributed by atoms with Gasteiger partial charge in [0.2, 0.25) is 0 Å². The maximum Gasteiger partial charge on any atom is 0.338 e. The van der Waals surface area contributed by atoms with Crippen LogP contribution in [0.2, 0.25) is 0 Å². The molecule has 0 radical (unpaired) electrons. The molecule has 0 bridgehead atoms. The number of amides is 1. The molecule has 138 valence electrons. The third-order valence-electron chi connectivity index (χ3n) is 3.47. The molecule has 2 N–H and O–H groups in total. The van der Waals surface area contributed by atoms with E-state index in [1.807, 2.05) is 6.07 Å². The van der Waals surface area contributed by atoms with Gasteiger partial charge in [-0.25, -0.2) is 4.79 Å². The first kappa shape index (κ1) is 19.5.